The summed E-state index contributed by atoms with van der Waals surface area (Å²) in [5.74, 6) is -0.557. The van der Waals surface area contributed by atoms with E-state index in [2.05, 4.69) is 6.58 Å². The van der Waals surface area contributed by atoms with Crippen LogP contribution in [0.4, 0.5) is 10.5 Å². The summed E-state index contributed by atoms with van der Waals surface area (Å²) < 4.78 is 10.5. The molecule has 0 aliphatic carbocycles. The highest BCUT2D eigenvalue weighted by atomic mass is 35.5. The molecule has 1 rings (SSSR count). The van der Waals surface area contributed by atoms with E-state index in [9.17, 15) is 9.59 Å². The van der Waals surface area contributed by atoms with Crippen LogP contribution in [0.1, 0.15) is 47.1 Å². The Balaban J connectivity index is 3.43. The first-order valence-corrected chi connectivity index (χ1v) is 8.54. The average molecular weight is 368 g/mol. The van der Waals surface area contributed by atoms with Gasteiger partial charge in [-0.3, -0.25) is 4.90 Å². The van der Waals surface area contributed by atoms with Crippen molar-refractivity contribution < 1.29 is 19.1 Å². The molecule has 0 aromatic heterocycles. The van der Waals surface area contributed by atoms with Crippen LogP contribution in [0.3, 0.4) is 0 Å². The Kier molecular flexibility index (Phi) is 7.06. The molecule has 138 valence electrons. The number of hydrogen-bond donors (Lipinski definition) is 0. The molecule has 5 nitrogen and oxygen atoms in total. The number of hydrogen-bond acceptors (Lipinski definition) is 4. The summed E-state index contributed by atoms with van der Waals surface area (Å²) in [7, 11) is 0. The number of carbonyl (C=O) groups excluding carboxylic acids is 2. The number of rotatable bonds is 5. The number of para-hydroxylation sites is 1. The molecule has 1 aromatic rings. The molecule has 0 heterocycles. The lowest BCUT2D eigenvalue weighted by Gasteiger charge is -2.32. The largest absolute Gasteiger partial charge is 0.462 e. The fourth-order valence-electron chi connectivity index (χ4n) is 2.20. The highest BCUT2D eigenvalue weighted by molar-refractivity contribution is 6.35. The number of carbonyl (C=O) groups is 2. The number of halogens is 1. The van der Waals surface area contributed by atoms with Crippen molar-refractivity contribution in [3.05, 3.63) is 35.4 Å². The molecule has 0 radical (unpaired) electrons. The quantitative estimate of drug-likeness (QED) is 0.538. The van der Waals surface area contributed by atoms with Gasteiger partial charge in [-0.15, -0.1) is 0 Å². The Morgan fingerprint density at radius 2 is 1.88 bits per heavy atom. The van der Waals surface area contributed by atoms with E-state index < -0.39 is 17.7 Å². The van der Waals surface area contributed by atoms with Gasteiger partial charge in [-0.25, -0.2) is 9.59 Å². The summed E-state index contributed by atoms with van der Waals surface area (Å²) in [4.78, 5) is 26.2. The van der Waals surface area contributed by atoms with Gasteiger partial charge in [-0.05, 0) is 47.6 Å². The predicted molar refractivity (Wildman–Crippen MR) is 101 cm³/mol. The zero-order valence-corrected chi connectivity index (χ0v) is 16.4. The van der Waals surface area contributed by atoms with Crippen molar-refractivity contribution in [3.8, 4) is 0 Å². The molecule has 0 saturated carbocycles. The summed E-state index contributed by atoms with van der Waals surface area (Å²) in [5, 5.41) is 0.322. The number of nitrogens with zero attached hydrogens (tertiary/aromatic N) is 1. The molecule has 1 amide bonds. The maximum atomic E-state index is 12.7. The van der Waals surface area contributed by atoms with Gasteiger partial charge < -0.3 is 9.47 Å². The van der Waals surface area contributed by atoms with E-state index in [1.54, 1.807) is 45.9 Å². The molecule has 0 aliphatic heterocycles. The van der Waals surface area contributed by atoms with E-state index in [1.807, 2.05) is 13.8 Å². The normalized spacial score (nSPS) is 11.2. The van der Waals surface area contributed by atoms with Crippen molar-refractivity contribution in [2.24, 2.45) is 0 Å². The Hall–Kier alpha value is -2.01. The van der Waals surface area contributed by atoms with Crippen molar-refractivity contribution in [3.63, 3.8) is 0 Å². The second-order valence-electron chi connectivity index (χ2n) is 6.78. The smallest absolute Gasteiger partial charge is 0.415 e. The molecule has 0 atom stereocenters. The molecule has 0 bridgehead atoms. The van der Waals surface area contributed by atoms with Crippen LogP contribution in [-0.4, -0.2) is 30.3 Å². The zero-order valence-electron chi connectivity index (χ0n) is 15.7. The van der Waals surface area contributed by atoms with Gasteiger partial charge in [0.05, 0.1) is 22.9 Å². The van der Waals surface area contributed by atoms with Crippen LogP contribution < -0.4 is 4.90 Å². The maximum absolute atomic E-state index is 12.7. The van der Waals surface area contributed by atoms with Crippen molar-refractivity contribution in [1.82, 2.24) is 0 Å². The minimum absolute atomic E-state index is 0.133. The summed E-state index contributed by atoms with van der Waals surface area (Å²) >= 11 is 6.37. The molecule has 0 N–H and O–H groups in total. The fourth-order valence-corrected chi connectivity index (χ4v) is 2.47. The third kappa shape index (κ3) is 5.49. The number of anilines is 1. The molecule has 6 heteroatoms. The van der Waals surface area contributed by atoms with Crippen molar-refractivity contribution >= 4 is 34.9 Å². The highest BCUT2D eigenvalue weighted by Crippen LogP contribution is 2.36. The topological polar surface area (TPSA) is 55.8 Å². The van der Waals surface area contributed by atoms with Crippen LogP contribution in [0, 0.1) is 0 Å². The summed E-state index contributed by atoms with van der Waals surface area (Å²) in [6.07, 6.45) is -0.548. The lowest BCUT2D eigenvalue weighted by Crippen LogP contribution is -2.41. The minimum atomic E-state index is -0.663. The second kappa shape index (κ2) is 8.39. The number of esters is 1. The Bertz CT molecular complexity index is 662. The second-order valence-corrected chi connectivity index (χ2v) is 7.19. The van der Waals surface area contributed by atoms with E-state index in [1.165, 1.54) is 4.90 Å². The molecule has 0 saturated heterocycles. The van der Waals surface area contributed by atoms with Crippen LogP contribution in [0.2, 0.25) is 5.02 Å². The SMILES string of the molecule is C=C(C(=O)OCC)c1cccc(Cl)c1N(C(=O)OC(C)(C)C)C(C)C. The lowest BCUT2D eigenvalue weighted by atomic mass is 10.0. The van der Waals surface area contributed by atoms with E-state index in [4.69, 9.17) is 21.1 Å². The van der Waals surface area contributed by atoms with Crippen LogP contribution in [0.15, 0.2) is 24.8 Å². The van der Waals surface area contributed by atoms with Crippen molar-refractivity contribution in [2.45, 2.75) is 53.2 Å². The first kappa shape index (κ1) is 21.0. The van der Waals surface area contributed by atoms with Gasteiger partial charge >= 0.3 is 12.1 Å². The van der Waals surface area contributed by atoms with Crippen LogP contribution in [0.25, 0.3) is 5.57 Å². The zero-order chi connectivity index (χ0) is 19.4. The Morgan fingerprint density at radius 1 is 1.28 bits per heavy atom. The highest BCUT2D eigenvalue weighted by Gasteiger charge is 2.30. The third-order valence-corrected chi connectivity index (χ3v) is 3.49. The number of benzene rings is 1. The lowest BCUT2D eigenvalue weighted by molar-refractivity contribution is -0.136. The van der Waals surface area contributed by atoms with Crippen LogP contribution in [0.5, 0.6) is 0 Å². The molecule has 0 unspecified atom stereocenters. The van der Waals surface area contributed by atoms with Crippen LogP contribution >= 0.6 is 11.6 Å². The fraction of sp³-hybridized carbons (Fsp3) is 0.474. The molecule has 1 aromatic carbocycles. The molecular weight excluding hydrogens is 342 g/mol. The summed E-state index contributed by atoms with van der Waals surface area (Å²) in [6.45, 7) is 14.8. The number of ether oxygens (including phenoxy) is 2. The molecule has 0 spiro atoms. The molecule has 0 aliphatic rings. The Labute approximate surface area is 154 Å². The first-order chi connectivity index (χ1) is 11.5. The van der Waals surface area contributed by atoms with E-state index in [0.29, 0.717) is 16.3 Å². The van der Waals surface area contributed by atoms with Gasteiger partial charge in [0.1, 0.15) is 5.60 Å². The van der Waals surface area contributed by atoms with Crippen molar-refractivity contribution in [1.29, 1.82) is 0 Å². The van der Waals surface area contributed by atoms with Gasteiger partial charge in [0.15, 0.2) is 0 Å². The molecule has 25 heavy (non-hydrogen) atoms. The van der Waals surface area contributed by atoms with Crippen molar-refractivity contribution in [2.75, 3.05) is 11.5 Å². The average Bonchev–Trinajstić information content (AvgIpc) is 2.46. The van der Waals surface area contributed by atoms with Gasteiger partial charge in [0.2, 0.25) is 0 Å². The van der Waals surface area contributed by atoms with Crippen LogP contribution in [-0.2, 0) is 14.3 Å². The van der Waals surface area contributed by atoms with Gasteiger partial charge in [-0.2, -0.15) is 0 Å². The molecule has 0 fully saturated rings. The Morgan fingerprint density at radius 3 is 2.36 bits per heavy atom. The number of amides is 1. The molecular formula is C19H26ClNO4. The van der Waals surface area contributed by atoms with Gasteiger partial charge in [0.25, 0.3) is 0 Å². The van der Waals surface area contributed by atoms with E-state index in [-0.39, 0.29) is 18.2 Å². The first-order valence-electron chi connectivity index (χ1n) is 8.16. The third-order valence-electron chi connectivity index (χ3n) is 3.18. The minimum Gasteiger partial charge on any atom is -0.462 e. The van der Waals surface area contributed by atoms with Gasteiger partial charge in [-0.1, -0.05) is 30.3 Å². The standard InChI is InChI=1S/C19H26ClNO4/c1-8-24-17(22)13(4)14-10-9-11-15(20)16(14)21(12(2)3)18(23)25-19(5,6)7/h9-12H,4,8H2,1-3,5-7H3. The van der Waals surface area contributed by atoms with E-state index >= 15 is 0 Å². The maximum Gasteiger partial charge on any atom is 0.415 e. The summed E-state index contributed by atoms with van der Waals surface area (Å²) in [5.41, 5.74) is 0.287. The summed E-state index contributed by atoms with van der Waals surface area (Å²) in [6, 6.07) is 4.78. The predicted octanol–water partition coefficient (Wildman–Crippen LogP) is 5.07. The van der Waals surface area contributed by atoms with E-state index in [0.717, 1.165) is 0 Å². The van der Waals surface area contributed by atoms with Gasteiger partial charge in [0, 0.05) is 11.6 Å². The monoisotopic (exact) mass is 367 g/mol.